The van der Waals surface area contributed by atoms with E-state index in [1.807, 2.05) is 0 Å². The van der Waals surface area contributed by atoms with Gasteiger partial charge in [-0.3, -0.25) is 9.59 Å². The fourth-order valence-electron chi connectivity index (χ4n) is 0.282. The lowest BCUT2D eigenvalue weighted by molar-refractivity contribution is -0.138. The molecule has 0 aliphatic rings. The molecule has 2 atom stereocenters. The second-order valence-corrected chi connectivity index (χ2v) is 1.49. The highest BCUT2D eigenvalue weighted by Crippen LogP contribution is 1.93. The lowest BCUT2D eigenvalue weighted by atomic mass is 10.2. The summed E-state index contributed by atoms with van der Waals surface area (Å²) in [5.74, 6) is -1.93. The molecule has 52 valence electrons. The van der Waals surface area contributed by atoms with Gasteiger partial charge in [0.15, 0.2) is 0 Å². The lowest BCUT2D eigenvalue weighted by Gasteiger charge is -1.90. The summed E-state index contributed by atoms with van der Waals surface area (Å²) in [5, 5.41) is 8.24. The average Bonchev–Trinajstić information content (AvgIpc) is 2.00. The van der Waals surface area contributed by atoms with E-state index in [2.05, 4.69) is 0 Å². The Morgan fingerprint density at radius 3 is 2.44 bits per heavy atom. The zero-order valence-corrected chi connectivity index (χ0v) is 5.13. The van der Waals surface area contributed by atoms with Crippen LogP contribution in [0.25, 0.3) is 0 Å². The number of aliphatic carboxylic acids is 1. The van der Waals surface area contributed by atoms with E-state index in [9.17, 15) is 9.59 Å². The van der Waals surface area contributed by atoms with Crippen molar-refractivity contribution >= 4 is 11.8 Å². The van der Waals surface area contributed by atoms with Crippen LogP contribution in [0.15, 0.2) is 0 Å². The third-order valence-electron chi connectivity index (χ3n) is 0.760. The first kappa shape index (κ1) is 4.97. The summed E-state index contributed by atoms with van der Waals surface area (Å²) < 4.78 is 13.9. The fourth-order valence-corrected chi connectivity index (χ4v) is 0.282. The minimum Gasteiger partial charge on any atom is -0.481 e. The minimum absolute atomic E-state index is 0.108. The molecule has 0 spiro atoms. The molecule has 0 fully saturated rings. The van der Waals surface area contributed by atoms with Crippen LogP contribution in [0.4, 0.5) is 0 Å². The van der Waals surface area contributed by atoms with E-state index in [0.717, 1.165) is 0 Å². The number of hydrogen-bond donors (Lipinski definition) is 1. The Morgan fingerprint density at radius 1 is 1.56 bits per heavy atom. The lowest BCUT2D eigenvalue weighted by Crippen LogP contribution is -2.00. The first-order valence-corrected chi connectivity index (χ1v) is 2.60. The smallest absolute Gasteiger partial charge is 0.303 e. The second-order valence-electron chi connectivity index (χ2n) is 1.49. The molecule has 9 heavy (non-hydrogen) atoms. The summed E-state index contributed by atoms with van der Waals surface area (Å²) in [6.45, 7) is 1.54. The standard InChI is InChI=1S/C6H10O3/c1-2-5(7)3-4-6(8)9/h2-4H2,1H3,(H,8,9)/i3D,4D. The molecule has 0 amide bonds. The Labute approximate surface area is 56.5 Å². The summed E-state index contributed by atoms with van der Waals surface area (Å²) in [5.41, 5.74) is 0. The van der Waals surface area contributed by atoms with Crippen LogP contribution in [0.1, 0.15) is 28.9 Å². The number of carboxylic acid groups (broad SMARTS) is 1. The van der Waals surface area contributed by atoms with E-state index in [0.29, 0.717) is 0 Å². The van der Waals surface area contributed by atoms with Crippen LogP contribution in [-0.2, 0) is 9.59 Å². The number of hydrogen-bond acceptors (Lipinski definition) is 2. The summed E-state index contributed by atoms with van der Waals surface area (Å²) in [7, 11) is 0. The van der Waals surface area contributed by atoms with Gasteiger partial charge in [0.1, 0.15) is 5.78 Å². The zero-order chi connectivity index (χ0) is 9.02. The summed E-state index contributed by atoms with van der Waals surface area (Å²) in [6.07, 6.45) is -2.99. The molecular formula is C6H10O3. The van der Waals surface area contributed by atoms with Gasteiger partial charge in [-0.25, -0.2) is 0 Å². The molecule has 1 N–H and O–H groups in total. The van der Waals surface area contributed by atoms with Crippen LogP contribution in [-0.4, -0.2) is 16.9 Å². The summed E-state index contributed by atoms with van der Waals surface area (Å²) in [6, 6.07) is 0. The molecule has 0 heterocycles. The molecule has 0 bridgehead atoms. The van der Waals surface area contributed by atoms with E-state index in [1.54, 1.807) is 6.92 Å². The molecule has 0 aliphatic heterocycles. The molecule has 0 rings (SSSR count). The van der Waals surface area contributed by atoms with Gasteiger partial charge in [0.05, 0.1) is 6.40 Å². The maximum absolute atomic E-state index is 10.7. The van der Waals surface area contributed by atoms with E-state index in [-0.39, 0.29) is 6.42 Å². The molecule has 0 aliphatic carbocycles. The number of carbonyl (C=O) groups is 2. The van der Waals surface area contributed by atoms with Crippen molar-refractivity contribution in [1.29, 1.82) is 0 Å². The van der Waals surface area contributed by atoms with Crippen LogP contribution >= 0.6 is 0 Å². The first-order valence-electron chi connectivity index (χ1n) is 3.76. The van der Waals surface area contributed by atoms with Gasteiger partial charge in [0.25, 0.3) is 0 Å². The Kier molecular flexibility index (Phi) is 2.24. The van der Waals surface area contributed by atoms with Crippen LogP contribution in [0.2, 0.25) is 0 Å². The molecule has 0 aromatic carbocycles. The fraction of sp³-hybridized carbons (Fsp3) is 0.667. The minimum atomic E-state index is -1.65. The van der Waals surface area contributed by atoms with Gasteiger partial charge in [0, 0.05) is 15.6 Å². The van der Waals surface area contributed by atoms with Crippen LogP contribution < -0.4 is 0 Å². The zero-order valence-electron chi connectivity index (χ0n) is 7.13. The maximum Gasteiger partial charge on any atom is 0.303 e. The summed E-state index contributed by atoms with van der Waals surface area (Å²) >= 11 is 0. The Balaban J connectivity index is 4.12. The van der Waals surface area contributed by atoms with Gasteiger partial charge in [-0.15, -0.1) is 0 Å². The maximum atomic E-state index is 10.7. The first-order chi connectivity index (χ1) is 5.00. The molecule has 0 aromatic rings. The van der Waals surface area contributed by atoms with E-state index in [4.69, 9.17) is 7.85 Å². The number of rotatable bonds is 4. The van der Waals surface area contributed by atoms with Gasteiger partial charge >= 0.3 is 5.97 Å². The second kappa shape index (κ2) is 4.06. The molecule has 3 nitrogen and oxygen atoms in total. The van der Waals surface area contributed by atoms with Gasteiger partial charge in [-0.05, 0) is 0 Å². The molecule has 0 saturated heterocycles. The predicted molar refractivity (Wildman–Crippen MR) is 32.2 cm³/mol. The third-order valence-corrected chi connectivity index (χ3v) is 0.760. The highest BCUT2D eigenvalue weighted by atomic mass is 16.4. The Hall–Kier alpha value is -0.860. The van der Waals surface area contributed by atoms with E-state index in [1.165, 1.54) is 0 Å². The quantitative estimate of drug-likeness (QED) is 0.616. The summed E-state index contributed by atoms with van der Waals surface area (Å²) in [4.78, 5) is 20.8. The Morgan fingerprint density at radius 2 is 2.11 bits per heavy atom. The topological polar surface area (TPSA) is 54.4 Å². The molecule has 0 radical (unpaired) electrons. The van der Waals surface area contributed by atoms with Crippen molar-refractivity contribution in [3.8, 4) is 0 Å². The van der Waals surface area contributed by atoms with Gasteiger partial charge in [-0.2, -0.15) is 0 Å². The molecular weight excluding hydrogens is 120 g/mol. The van der Waals surface area contributed by atoms with E-state index < -0.39 is 24.5 Å². The molecule has 3 heteroatoms. The van der Waals surface area contributed by atoms with Crippen molar-refractivity contribution < 1.29 is 17.4 Å². The molecule has 0 aromatic heterocycles. The average molecular weight is 132 g/mol. The van der Waals surface area contributed by atoms with Crippen LogP contribution in [0.3, 0.4) is 0 Å². The normalized spacial score (nSPS) is 19.2. The predicted octanol–water partition coefficient (Wildman–Crippen LogP) is 0.830. The number of Topliss-reactive ketones (excluding diaryl/α,β-unsaturated/α-hetero) is 1. The number of carboxylic acids is 1. The number of carbonyl (C=O) groups excluding carboxylic acids is 1. The molecule has 0 saturated carbocycles. The third kappa shape index (κ3) is 5.00. The van der Waals surface area contributed by atoms with Gasteiger partial charge in [0.2, 0.25) is 0 Å². The monoisotopic (exact) mass is 132 g/mol. The largest absolute Gasteiger partial charge is 0.481 e. The van der Waals surface area contributed by atoms with E-state index >= 15 is 0 Å². The van der Waals surface area contributed by atoms with Crippen LogP contribution in [0, 0.1) is 0 Å². The highest BCUT2D eigenvalue weighted by molar-refractivity contribution is 5.82. The van der Waals surface area contributed by atoms with Crippen LogP contribution in [0.5, 0.6) is 0 Å². The Bertz CT molecular complexity index is 169. The SMILES string of the molecule is [2H]C(C(=O)O)C([2H])C(=O)CC. The molecule has 2 unspecified atom stereocenters. The van der Waals surface area contributed by atoms with Crippen molar-refractivity contribution in [2.75, 3.05) is 0 Å². The highest BCUT2D eigenvalue weighted by Gasteiger charge is 2.01. The van der Waals surface area contributed by atoms with Gasteiger partial charge in [-0.1, -0.05) is 6.92 Å². The van der Waals surface area contributed by atoms with Gasteiger partial charge < -0.3 is 5.11 Å². The van der Waals surface area contributed by atoms with Crippen molar-refractivity contribution in [2.45, 2.75) is 26.1 Å². The number of ketones is 1. The van der Waals surface area contributed by atoms with Crippen molar-refractivity contribution in [3.63, 3.8) is 0 Å². The van der Waals surface area contributed by atoms with Crippen molar-refractivity contribution in [1.82, 2.24) is 0 Å². The van der Waals surface area contributed by atoms with Crippen molar-refractivity contribution in [3.05, 3.63) is 0 Å². The van der Waals surface area contributed by atoms with Crippen molar-refractivity contribution in [2.24, 2.45) is 0 Å².